The van der Waals surface area contributed by atoms with Crippen LogP contribution in [-0.2, 0) is 0 Å². The largest absolute Gasteiger partial charge is 0.456 e. The Morgan fingerprint density at radius 1 is 0.889 bits per heavy atom. The summed E-state index contributed by atoms with van der Waals surface area (Å²) < 4.78 is 18.9. The van der Waals surface area contributed by atoms with Crippen LogP contribution in [0.4, 0.5) is 10.1 Å². The summed E-state index contributed by atoms with van der Waals surface area (Å²) in [7, 11) is 0. The highest BCUT2D eigenvalue weighted by Crippen LogP contribution is 2.24. The topological polar surface area (TPSA) is 59.3 Å². The number of hydrogen-bond acceptors (Lipinski definition) is 3. The van der Waals surface area contributed by atoms with Crippen LogP contribution in [0.1, 0.15) is 10.4 Å². The van der Waals surface area contributed by atoms with Crippen molar-refractivity contribution in [2.24, 2.45) is 0 Å². The maximum absolute atomic E-state index is 13.1. The van der Waals surface area contributed by atoms with Crippen LogP contribution in [0.3, 0.4) is 0 Å². The Labute approximate surface area is 153 Å². The molecule has 132 valence electrons. The molecule has 4 rings (SSSR count). The highest BCUT2D eigenvalue weighted by molar-refractivity contribution is 6.05. The van der Waals surface area contributed by atoms with Crippen molar-refractivity contribution in [3.8, 4) is 11.3 Å². The minimum atomic E-state index is -0.360. The Morgan fingerprint density at radius 3 is 2.37 bits per heavy atom. The van der Waals surface area contributed by atoms with Crippen LogP contribution in [0.15, 0.2) is 88.1 Å². The number of carbonyl (C=O) groups is 1. The summed E-state index contributed by atoms with van der Waals surface area (Å²) in [6.45, 7) is 0. The molecule has 1 amide bonds. The Morgan fingerprint density at radius 2 is 1.63 bits per heavy atom. The second-order valence-corrected chi connectivity index (χ2v) is 6.01. The molecule has 0 bridgehead atoms. The third-order valence-electron chi connectivity index (χ3n) is 4.15. The van der Waals surface area contributed by atoms with Gasteiger partial charge in [0.2, 0.25) is 0 Å². The quantitative estimate of drug-likeness (QED) is 0.569. The summed E-state index contributed by atoms with van der Waals surface area (Å²) in [5, 5.41) is 3.12. The van der Waals surface area contributed by atoms with E-state index in [1.165, 1.54) is 18.2 Å². The van der Waals surface area contributed by atoms with Crippen LogP contribution in [-0.4, -0.2) is 5.91 Å². The van der Waals surface area contributed by atoms with Crippen molar-refractivity contribution in [1.29, 1.82) is 0 Å². The lowest BCUT2D eigenvalue weighted by Gasteiger charge is -2.07. The Balaban J connectivity index is 1.68. The molecule has 1 aromatic heterocycles. The fourth-order valence-electron chi connectivity index (χ4n) is 2.78. The van der Waals surface area contributed by atoms with E-state index in [0.29, 0.717) is 33.5 Å². The molecular formula is C22H14FNO3. The number of fused-ring (bicyclic) bond motifs is 1. The fraction of sp³-hybridized carbons (Fsp3) is 0. The monoisotopic (exact) mass is 359 g/mol. The highest BCUT2D eigenvalue weighted by atomic mass is 19.1. The predicted molar refractivity (Wildman–Crippen MR) is 102 cm³/mol. The molecule has 27 heavy (non-hydrogen) atoms. The molecule has 4 nitrogen and oxygen atoms in total. The summed E-state index contributed by atoms with van der Waals surface area (Å²) in [4.78, 5) is 24.8. The molecule has 4 aromatic rings. The summed E-state index contributed by atoms with van der Waals surface area (Å²) in [6, 6.07) is 20.8. The number of halogens is 1. The van der Waals surface area contributed by atoms with Gasteiger partial charge in [-0.3, -0.25) is 9.59 Å². The summed E-state index contributed by atoms with van der Waals surface area (Å²) >= 11 is 0. The Kier molecular flexibility index (Phi) is 4.26. The van der Waals surface area contributed by atoms with Crippen LogP contribution in [0.25, 0.3) is 22.3 Å². The molecule has 0 saturated carbocycles. The normalized spacial score (nSPS) is 10.7. The van der Waals surface area contributed by atoms with Gasteiger partial charge >= 0.3 is 0 Å². The van der Waals surface area contributed by atoms with Gasteiger partial charge in [0.15, 0.2) is 5.43 Å². The van der Waals surface area contributed by atoms with E-state index in [0.717, 1.165) is 0 Å². The number of carbonyl (C=O) groups excluding carboxylic acids is 1. The molecule has 0 saturated heterocycles. The van der Waals surface area contributed by atoms with Crippen molar-refractivity contribution in [3.63, 3.8) is 0 Å². The first-order valence-corrected chi connectivity index (χ1v) is 8.30. The number of anilines is 1. The third-order valence-corrected chi connectivity index (χ3v) is 4.15. The third kappa shape index (κ3) is 3.48. The average molecular weight is 359 g/mol. The van der Waals surface area contributed by atoms with Crippen molar-refractivity contribution in [3.05, 3.63) is 100 Å². The molecule has 0 fully saturated rings. The minimum Gasteiger partial charge on any atom is -0.456 e. The van der Waals surface area contributed by atoms with E-state index in [2.05, 4.69) is 5.32 Å². The van der Waals surface area contributed by atoms with Crippen molar-refractivity contribution >= 4 is 22.6 Å². The number of benzene rings is 3. The zero-order chi connectivity index (χ0) is 18.8. The zero-order valence-corrected chi connectivity index (χ0v) is 14.1. The van der Waals surface area contributed by atoms with Gasteiger partial charge in [0, 0.05) is 22.9 Å². The maximum Gasteiger partial charge on any atom is 0.255 e. The van der Waals surface area contributed by atoms with Gasteiger partial charge in [-0.1, -0.05) is 18.2 Å². The van der Waals surface area contributed by atoms with Gasteiger partial charge < -0.3 is 9.73 Å². The van der Waals surface area contributed by atoms with Gasteiger partial charge in [-0.15, -0.1) is 0 Å². The van der Waals surface area contributed by atoms with E-state index >= 15 is 0 Å². The summed E-state index contributed by atoms with van der Waals surface area (Å²) in [5.41, 5.74) is 1.78. The van der Waals surface area contributed by atoms with Gasteiger partial charge in [-0.2, -0.15) is 0 Å². The second kappa shape index (κ2) is 6.88. The van der Waals surface area contributed by atoms with Crippen LogP contribution in [0, 0.1) is 5.82 Å². The van der Waals surface area contributed by atoms with E-state index in [9.17, 15) is 14.0 Å². The number of hydrogen-bond donors (Lipinski definition) is 1. The lowest BCUT2D eigenvalue weighted by molar-refractivity contribution is 0.102. The second-order valence-electron chi connectivity index (χ2n) is 6.01. The number of amides is 1. The van der Waals surface area contributed by atoms with Gasteiger partial charge in [0.25, 0.3) is 5.91 Å². The molecule has 3 aromatic carbocycles. The highest BCUT2D eigenvalue weighted by Gasteiger charge is 2.10. The first-order valence-electron chi connectivity index (χ1n) is 8.30. The molecule has 1 N–H and O–H groups in total. The predicted octanol–water partition coefficient (Wildman–Crippen LogP) is 4.85. The molecule has 0 aliphatic heterocycles. The fourth-order valence-corrected chi connectivity index (χ4v) is 2.78. The van der Waals surface area contributed by atoms with E-state index in [4.69, 9.17) is 4.42 Å². The van der Waals surface area contributed by atoms with Crippen molar-refractivity contribution in [2.75, 3.05) is 5.32 Å². The zero-order valence-electron chi connectivity index (χ0n) is 14.1. The number of rotatable bonds is 3. The number of nitrogens with one attached hydrogen (secondary N) is 1. The molecule has 5 heteroatoms. The molecule has 0 atom stereocenters. The van der Waals surface area contributed by atoms with Gasteiger partial charge in [0.1, 0.15) is 17.2 Å². The average Bonchev–Trinajstić information content (AvgIpc) is 2.69. The van der Waals surface area contributed by atoms with E-state index in [-0.39, 0.29) is 17.2 Å². The smallest absolute Gasteiger partial charge is 0.255 e. The Hall–Kier alpha value is -3.73. The molecule has 0 aliphatic carbocycles. The standard InChI is InChI=1S/C22H14FNO3/c23-16-8-6-14(7-9-16)21-13-19(25)18-12-17(10-11-20(18)27-21)24-22(26)15-4-2-1-3-5-15/h1-13H,(H,24,26). The van der Waals surface area contributed by atoms with Crippen molar-refractivity contribution in [2.45, 2.75) is 0 Å². The summed E-state index contributed by atoms with van der Waals surface area (Å²) in [5.74, 6) is -0.267. The van der Waals surface area contributed by atoms with Crippen LogP contribution in [0.2, 0.25) is 0 Å². The van der Waals surface area contributed by atoms with Crippen LogP contribution >= 0.6 is 0 Å². The molecule has 0 unspecified atom stereocenters. The van der Waals surface area contributed by atoms with Crippen LogP contribution in [0.5, 0.6) is 0 Å². The first kappa shape index (κ1) is 16.7. The SMILES string of the molecule is O=C(Nc1ccc2oc(-c3ccc(F)cc3)cc(=O)c2c1)c1ccccc1. The molecule has 0 spiro atoms. The van der Waals surface area contributed by atoms with Gasteiger partial charge in [0.05, 0.1) is 5.39 Å². The minimum absolute atomic E-state index is 0.244. The summed E-state index contributed by atoms with van der Waals surface area (Å²) in [6.07, 6.45) is 0. The van der Waals surface area contributed by atoms with E-state index in [1.54, 1.807) is 54.6 Å². The molecule has 0 aliphatic rings. The van der Waals surface area contributed by atoms with E-state index < -0.39 is 0 Å². The Bertz CT molecular complexity index is 1180. The van der Waals surface area contributed by atoms with Gasteiger partial charge in [-0.05, 0) is 54.6 Å². The van der Waals surface area contributed by atoms with Gasteiger partial charge in [-0.25, -0.2) is 4.39 Å². The lowest BCUT2D eigenvalue weighted by Crippen LogP contribution is -2.12. The molecular weight excluding hydrogens is 345 g/mol. The van der Waals surface area contributed by atoms with Crippen molar-refractivity contribution < 1.29 is 13.6 Å². The molecule has 1 heterocycles. The van der Waals surface area contributed by atoms with Crippen molar-refractivity contribution in [1.82, 2.24) is 0 Å². The molecule has 0 radical (unpaired) electrons. The maximum atomic E-state index is 13.1. The van der Waals surface area contributed by atoms with E-state index in [1.807, 2.05) is 6.07 Å². The lowest BCUT2D eigenvalue weighted by atomic mass is 10.1. The first-order chi connectivity index (χ1) is 13.1. The van der Waals surface area contributed by atoms with Crippen LogP contribution < -0.4 is 10.7 Å².